The van der Waals surface area contributed by atoms with E-state index in [1.165, 1.54) is 12.8 Å². The fourth-order valence-electron chi connectivity index (χ4n) is 3.04. The first-order valence-corrected chi connectivity index (χ1v) is 8.58. The van der Waals surface area contributed by atoms with Gasteiger partial charge in [-0.05, 0) is 50.9 Å². The second kappa shape index (κ2) is 6.39. The Kier molecular flexibility index (Phi) is 4.10. The molecule has 1 amide bonds. The summed E-state index contributed by atoms with van der Waals surface area (Å²) in [5.74, 6) is 2.68. The minimum atomic E-state index is -0.166. The average Bonchev–Trinajstić information content (AvgIpc) is 2.98. The molecule has 2 aliphatic rings. The number of rotatable bonds is 6. The number of aromatic nitrogens is 2. The molecule has 24 heavy (non-hydrogen) atoms. The Morgan fingerprint density at radius 1 is 1.33 bits per heavy atom. The summed E-state index contributed by atoms with van der Waals surface area (Å²) >= 11 is 0. The molecule has 2 aromatic heterocycles. The first-order chi connectivity index (χ1) is 11.7. The molecule has 0 N–H and O–H groups in total. The van der Waals surface area contributed by atoms with Crippen molar-refractivity contribution >= 4 is 5.91 Å². The number of carbonyl (C=O) groups is 1. The van der Waals surface area contributed by atoms with Crippen LogP contribution in [0.3, 0.4) is 0 Å². The summed E-state index contributed by atoms with van der Waals surface area (Å²) in [6, 6.07) is 3.63. The van der Waals surface area contributed by atoms with Gasteiger partial charge in [-0.25, -0.2) is 0 Å². The molecule has 1 saturated carbocycles. The van der Waals surface area contributed by atoms with E-state index in [4.69, 9.17) is 8.94 Å². The highest BCUT2D eigenvalue weighted by molar-refractivity contribution is 5.91. The molecule has 7 nitrogen and oxygen atoms in total. The van der Waals surface area contributed by atoms with E-state index >= 15 is 0 Å². The fourth-order valence-corrected chi connectivity index (χ4v) is 3.04. The van der Waals surface area contributed by atoms with Crippen LogP contribution in [0.15, 0.2) is 21.1 Å². The third-order valence-electron chi connectivity index (χ3n) is 4.59. The third-order valence-corrected chi connectivity index (χ3v) is 4.59. The van der Waals surface area contributed by atoms with E-state index < -0.39 is 0 Å². The van der Waals surface area contributed by atoms with Crippen LogP contribution in [-0.2, 0) is 13.1 Å². The molecule has 1 aliphatic heterocycles. The van der Waals surface area contributed by atoms with Crippen molar-refractivity contribution in [2.24, 2.45) is 0 Å². The van der Waals surface area contributed by atoms with Crippen LogP contribution in [0.2, 0.25) is 0 Å². The van der Waals surface area contributed by atoms with Gasteiger partial charge >= 0.3 is 0 Å². The van der Waals surface area contributed by atoms with Gasteiger partial charge in [-0.3, -0.25) is 9.69 Å². The maximum atomic E-state index is 12.5. The van der Waals surface area contributed by atoms with E-state index in [0.29, 0.717) is 29.9 Å². The lowest BCUT2D eigenvalue weighted by atomic mass is 10.3. The molecule has 0 unspecified atom stereocenters. The molecule has 3 heterocycles. The van der Waals surface area contributed by atoms with Gasteiger partial charge in [0.15, 0.2) is 11.6 Å². The van der Waals surface area contributed by atoms with Crippen LogP contribution < -0.4 is 0 Å². The quantitative estimate of drug-likeness (QED) is 0.809. The van der Waals surface area contributed by atoms with Gasteiger partial charge in [0.05, 0.1) is 13.1 Å². The summed E-state index contributed by atoms with van der Waals surface area (Å²) in [7, 11) is 1.72. The van der Waals surface area contributed by atoms with Crippen molar-refractivity contribution in [3.05, 3.63) is 35.4 Å². The fraction of sp³-hybridized carbons (Fsp3) is 0.588. The van der Waals surface area contributed by atoms with Gasteiger partial charge in [0.2, 0.25) is 5.89 Å². The van der Waals surface area contributed by atoms with E-state index in [1.54, 1.807) is 18.0 Å². The number of carbonyl (C=O) groups excluding carboxylic acids is 1. The summed E-state index contributed by atoms with van der Waals surface area (Å²) in [6.07, 6.45) is 4.71. The number of furan rings is 1. The van der Waals surface area contributed by atoms with Gasteiger partial charge in [0.1, 0.15) is 5.76 Å². The first-order valence-electron chi connectivity index (χ1n) is 8.58. The normalized spacial score (nSPS) is 18.2. The van der Waals surface area contributed by atoms with Crippen LogP contribution >= 0.6 is 0 Å². The van der Waals surface area contributed by atoms with E-state index in [1.807, 2.05) is 6.07 Å². The van der Waals surface area contributed by atoms with Crippen molar-refractivity contribution in [2.75, 3.05) is 20.1 Å². The summed E-state index contributed by atoms with van der Waals surface area (Å²) in [5, 5.41) is 3.95. The smallest absolute Gasteiger partial charge is 0.289 e. The molecule has 1 aliphatic carbocycles. The van der Waals surface area contributed by atoms with Crippen molar-refractivity contribution in [1.29, 1.82) is 0 Å². The first kappa shape index (κ1) is 15.4. The maximum absolute atomic E-state index is 12.5. The summed E-state index contributed by atoms with van der Waals surface area (Å²) in [6.45, 7) is 3.29. The van der Waals surface area contributed by atoms with Crippen LogP contribution in [0.1, 0.15) is 59.6 Å². The van der Waals surface area contributed by atoms with Gasteiger partial charge < -0.3 is 13.8 Å². The highest BCUT2D eigenvalue weighted by atomic mass is 16.5. The lowest BCUT2D eigenvalue weighted by Crippen LogP contribution is -2.26. The van der Waals surface area contributed by atoms with E-state index in [9.17, 15) is 4.79 Å². The Labute approximate surface area is 140 Å². The number of likely N-dealkylation sites (tertiary alicyclic amines) is 1. The SMILES string of the molecule is CN(Cc1noc(C2CC2)n1)C(=O)c1ccc(CN2CCCC2)o1. The Morgan fingerprint density at radius 2 is 2.12 bits per heavy atom. The summed E-state index contributed by atoms with van der Waals surface area (Å²) < 4.78 is 10.9. The highest BCUT2D eigenvalue weighted by Gasteiger charge is 2.30. The van der Waals surface area contributed by atoms with E-state index in [-0.39, 0.29) is 5.91 Å². The largest absolute Gasteiger partial charge is 0.455 e. The molecular weight excluding hydrogens is 308 g/mol. The maximum Gasteiger partial charge on any atom is 0.289 e. The van der Waals surface area contributed by atoms with Crippen LogP contribution in [0.5, 0.6) is 0 Å². The second-order valence-electron chi connectivity index (χ2n) is 6.73. The Hall–Kier alpha value is -2.15. The van der Waals surface area contributed by atoms with Gasteiger partial charge in [-0.1, -0.05) is 5.16 Å². The van der Waals surface area contributed by atoms with Crippen molar-refractivity contribution in [1.82, 2.24) is 19.9 Å². The van der Waals surface area contributed by atoms with Crippen molar-refractivity contribution in [3.63, 3.8) is 0 Å². The third kappa shape index (κ3) is 3.36. The molecule has 0 radical (unpaired) electrons. The van der Waals surface area contributed by atoms with Gasteiger partial charge in [0, 0.05) is 13.0 Å². The number of hydrogen-bond donors (Lipinski definition) is 0. The Bertz CT molecular complexity index is 713. The van der Waals surface area contributed by atoms with Crippen molar-refractivity contribution in [2.45, 2.75) is 44.7 Å². The van der Waals surface area contributed by atoms with Crippen LogP contribution in [-0.4, -0.2) is 46.0 Å². The predicted molar refractivity (Wildman–Crippen MR) is 85.3 cm³/mol. The van der Waals surface area contributed by atoms with Gasteiger partial charge in [0.25, 0.3) is 5.91 Å². The Balaban J connectivity index is 1.35. The molecule has 0 atom stereocenters. The molecule has 7 heteroatoms. The van der Waals surface area contributed by atoms with E-state index in [0.717, 1.165) is 38.2 Å². The zero-order valence-electron chi connectivity index (χ0n) is 13.9. The Morgan fingerprint density at radius 3 is 2.88 bits per heavy atom. The highest BCUT2D eigenvalue weighted by Crippen LogP contribution is 2.38. The molecule has 0 aromatic carbocycles. The monoisotopic (exact) mass is 330 g/mol. The van der Waals surface area contributed by atoms with Gasteiger partial charge in [-0.2, -0.15) is 4.98 Å². The van der Waals surface area contributed by atoms with E-state index in [2.05, 4.69) is 15.0 Å². The average molecular weight is 330 g/mol. The number of nitrogens with zero attached hydrogens (tertiary/aromatic N) is 4. The zero-order valence-corrected chi connectivity index (χ0v) is 13.9. The number of hydrogen-bond acceptors (Lipinski definition) is 6. The molecule has 0 spiro atoms. The lowest BCUT2D eigenvalue weighted by molar-refractivity contribution is 0.0745. The molecule has 1 saturated heterocycles. The topological polar surface area (TPSA) is 75.6 Å². The standard InChI is InChI=1S/C17H22N4O3/c1-20(11-15-18-16(24-19-15)12-4-5-12)17(22)14-7-6-13(23-14)10-21-8-2-3-9-21/h6-7,12H,2-5,8-11H2,1H3. The zero-order chi connectivity index (χ0) is 16.5. The molecule has 128 valence electrons. The molecule has 0 bridgehead atoms. The molecule has 2 fully saturated rings. The molecule has 2 aromatic rings. The molecular formula is C17H22N4O3. The van der Waals surface area contributed by atoms with Crippen LogP contribution in [0.25, 0.3) is 0 Å². The molecule has 4 rings (SSSR count). The van der Waals surface area contributed by atoms with Crippen molar-refractivity contribution < 1.29 is 13.7 Å². The number of amides is 1. The minimum Gasteiger partial charge on any atom is -0.455 e. The predicted octanol–water partition coefficient (Wildman–Crippen LogP) is 2.41. The van der Waals surface area contributed by atoms with Gasteiger partial charge in [-0.15, -0.1) is 0 Å². The van der Waals surface area contributed by atoms with Crippen LogP contribution in [0, 0.1) is 0 Å². The minimum absolute atomic E-state index is 0.166. The van der Waals surface area contributed by atoms with Crippen molar-refractivity contribution in [3.8, 4) is 0 Å². The van der Waals surface area contributed by atoms with Crippen LogP contribution in [0.4, 0.5) is 0 Å². The summed E-state index contributed by atoms with van der Waals surface area (Å²) in [4.78, 5) is 20.7. The second-order valence-corrected chi connectivity index (χ2v) is 6.73. The lowest BCUT2D eigenvalue weighted by Gasteiger charge is -2.14. The summed E-state index contributed by atoms with van der Waals surface area (Å²) in [5.41, 5.74) is 0.